The quantitative estimate of drug-likeness (QED) is 0.681. The molecule has 4 saturated carbocycles. The Morgan fingerprint density at radius 3 is 2.32 bits per heavy atom. The predicted molar refractivity (Wildman–Crippen MR) is 115 cm³/mol. The first kappa shape index (κ1) is 21.1. The molecule has 4 rings (SSSR count). The molecule has 3 N–H and O–H groups in total. The Kier molecular flexibility index (Phi) is 5.69. The lowest BCUT2D eigenvalue weighted by atomic mass is 9.43. The van der Waals surface area contributed by atoms with Gasteiger partial charge in [-0.2, -0.15) is 0 Å². The van der Waals surface area contributed by atoms with Crippen molar-refractivity contribution in [1.29, 1.82) is 0 Å². The predicted octanol–water partition coefficient (Wildman–Crippen LogP) is 5.15. The first-order chi connectivity index (χ1) is 13.3. The molecular weight excluding hydrogens is 346 g/mol. The third-order valence-corrected chi connectivity index (χ3v) is 10.4. The van der Waals surface area contributed by atoms with E-state index in [1.807, 2.05) is 6.92 Å². The van der Waals surface area contributed by atoms with Gasteiger partial charge in [0.2, 0.25) is 0 Å². The largest absolute Gasteiger partial charge is 0.387 e. The molecule has 3 nitrogen and oxygen atoms in total. The molecule has 4 aliphatic rings. The first-order valence-corrected chi connectivity index (χ1v) is 12.3. The third-order valence-electron chi connectivity index (χ3n) is 10.4. The van der Waals surface area contributed by atoms with Gasteiger partial charge in [0.1, 0.15) is 0 Å². The summed E-state index contributed by atoms with van der Waals surface area (Å²) in [7, 11) is 0. The number of hydrogen-bond donors (Lipinski definition) is 2. The molecule has 0 saturated heterocycles. The minimum Gasteiger partial charge on any atom is -0.387 e. The number of rotatable bonds is 5. The van der Waals surface area contributed by atoms with Crippen LogP contribution in [0.5, 0.6) is 0 Å². The summed E-state index contributed by atoms with van der Waals surface area (Å²) in [5.41, 5.74) is 6.98. The Morgan fingerprint density at radius 2 is 1.61 bits per heavy atom. The molecule has 0 amide bonds. The molecule has 1 unspecified atom stereocenters. The fourth-order valence-corrected chi connectivity index (χ4v) is 8.87. The zero-order valence-corrected chi connectivity index (χ0v) is 18.9. The Labute approximate surface area is 173 Å². The lowest BCUT2D eigenvalue weighted by Gasteiger charge is -2.63. The van der Waals surface area contributed by atoms with Crippen molar-refractivity contribution < 1.29 is 9.84 Å². The van der Waals surface area contributed by atoms with Gasteiger partial charge in [-0.3, -0.25) is 0 Å². The highest BCUT2D eigenvalue weighted by molar-refractivity contribution is 5.12. The Morgan fingerprint density at radius 1 is 0.929 bits per heavy atom. The lowest BCUT2D eigenvalue weighted by Crippen LogP contribution is -2.57. The van der Waals surface area contributed by atoms with E-state index in [4.69, 9.17) is 10.5 Å². The van der Waals surface area contributed by atoms with Crippen molar-refractivity contribution >= 4 is 0 Å². The van der Waals surface area contributed by atoms with Gasteiger partial charge in [-0.15, -0.1) is 0 Å². The van der Waals surface area contributed by atoms with Crippen molar-refractivity contribution in [3.63, 3.8) is 0 Å². The van der Waals surface area contributed by atoms with Crippen LogP contribution in [0.3, 0.4) is 0 Å². The second-order valence-electron chi connectivity index (χ2n) is 11.5. The molecule has 9 atom stereocenters. The molecule has 162 valence electrons. The van der Waals surface area contributed by atoms with Gasteiger partial charge in [0.15, 0.2) is 0 Å². The van der Waals surface area contributed by atoms with E-state index in [2.05, 4.69) is 20.8 Å². The van der Waals surface area contributed by atoms with E-state index in [9.17, 15) is 5.11 Å². The van der Waals surface area contributed by atoms with Gasteiger partial charge in [-0.25, -0.2) is 0 Å². The first-order valence-electron chi connectivity index (χ1n) is 12.3. The molecule has 0 radical (unpaired) electrons. The van der Waals surface area contributed by atoms with Crippen LogP contribution in [0.15, 0.2) is 0 Å². The average molecular weight is 392 g/mol. The van der Waals surface area contributed by atoms with E-state index >= 15 is 0 Å². The Hall–Kier alpha value is -0.120. The summed E-state index contributed by atoms with van der Waals surface area (Å²) in [5, 5.41) is 11.1. The minimum absolute atomic E-state index is 0.388. The molecular formula is C25H45NO2. The highest BCUT2D eigenvalue weighted by atomic mass is 16.5. The summed E-state index contributed by atoms with van der Waals surface area (Å²) in [6.07, 6.45) is 12.4. The van der Waals surface area contributed by atoms with Crippen LogP contribution < -0.4 is 5.73 Å². The zero-order valence-electron chi connectivity index (χ0n) is 18.9. The monoisotopic (exact) mass is 391 g/mol. The SMILES string of the molecule is CCOC[C@@]1(O)CC[C@H]2[C@H](CC[C@H]3[C@@H]4CCC([C@H](N)CC)[C@@]4(C)CC[C@]23C)C1. The second-order valence-corrected chi connectivity index (χ2v) is 11.5. The van der Waals surface area contributed by atoms with Crippen LogP contribution in [0, 0.1) is 40.4 Å². The molecule has 0 bridgehead atoms. The van der Waals surface area contributed by atoms with Crippen molar-refractivity contribution in [3.05, 3.63) is 0 Å². The topological polar surface area (TPSA) is 55.5 Å². The average Bonchev–Trinajstić information content (AvgIpc) is 3.02. The van der Waals surface area contributed by atoms with Crippen molar-refractivity contribution in [2.45, 2.75) is 104 Å². The van der Waals surface area contributed by atoms with Gasteiger partial charge in [-0.1, -0.05) is 20.8 Å². The van der Waals surface area contributed by atoms with E-state index in [1.54, 1.807) is 0 Å². The van der Waals surface area contributed by atoms with E-state index in [-0.39, 0.29) is 0 Å². The highest BCUT2D eigenvalue weighted by Crippen LogP contribution is 2.69. The van der Waals surface area contributed by atoms with Crippen LogP contribution in [0.1, 0.15) is 91.9 Å². The fraction of sp³-hybridized carbons (Fsp3) is 1.00. The smallest absolute Gasteiger partial charge is 0.0883 e. The molecule has 4 fully saturated rings. The molecule has 0 spiro atoms. The van der Waals surface area contributed by atoms with E-state index in [1.165, 1.54) is 44.9 Å². The summed E-state index contributed by atoms with van der Waals surface area (Å²) in [6.45, 7) is 10.8. The van der Waals surface area contributed by atoms with Crippen LogP contribution in [0.2, 0.25) is 0 Å². The van der Waals surface area contributed by atoms with Crippen LogP contribution in [-0.4, -0.2) is 30.0 Å². The summed E-state index contributed by atoms with van der Waals surface area (Å²) >= 11 is 0. The van der Waals surface area contributed by atoms with Crippen molar-refractivity contribution in [3.8, 4) is 0 Å². The van der Waals surface area contributed by atoms with Crippen LogP contribution in [0.4, 0.5) is 0 Å². The maximum absolute atomic E-state index is 11.1. The van der Waals surface area contributed by atoms with Crippen LogP contribution in [-0.2, 0) is 4.74 Å². The number of fused-ring (bicyclic) bond motifs is 5. The molecule has 0 aromatic heterocycles. The Bertz CT molecular complexity index is 567. The van der Waals surface area contributed by atoms with E-state index < -0.39 is 5.60 Å². The van der Waals surface area contributed by atoms with Crippen molar-refractivity contribution in [2.24, 2.45) is 46.2 Å². The normalized spacial score (nSPS) is 51.9. The van der Waals surface area contributed by atoms with E-state index in [0.717, 1.165) is 42.9 Å². The second kappa shape index (κ2) is 7.54. The van der Waals surface area contributed by atoms with Crippen molar-refractivity contribution in [1.82, 2.24) is 0 Å². The van der Waals surface area contributed by atoms with Gasteiger partial charge >= 0.3 is 0 Å². The minimum atomic E-state index is -0.574. The van der Waals surface area contributed by atoms with Gasteiger partial charge in [-0.05, 0) is 112 Å². The molecule has 0 aromatic carbocycles. The number of nitrogens with two attached hydrogens (primary N) is 1. The molecule has 3 heteroatoms. The number of hydrogen-bond acceptors (Lipinski definition) is 3. The van der Waals surface area contributed by atoms with Crippen LogP contribution >= 0.6 is 0 Å². The van der Waals surface area contributed by atoms with Crippen molar-refractivity contribution in [2.75, 3.05) is 13.2 Å². The molecule has 4 aliphatic carbocycles. The van der Waals surface area contributed by atoms with Gasteiger partial charge in [0.05, 0.1) is 12.2 Å². The van der Waals surface area contributed by atoms with Gasteiger partial charge in [0, 0.05) is 12.6 Å². The highest BCUT2D eigenvalue weighted by Gasteiger charge is 2.62. The summed E-state index contributed by atoms with van der Waals surface area (Å²) < 4.78 is 5.64. The van der Waals surface area contributed by atoms with Gasteiger partial charge in [0.25, 0.3) is 0 Å². The summed E-state index contributed by atoms with van der Waals surface area (Å²) in [5.74, 6) is 3.97. The fourth-order valence-electron chi connectivity index (χ4n) is 8.87. The third kappa shape index (κ3) is 3.19. The summed E-state index contributed by atoms with van der Waals surface area (Å²) in [4.78, 5) is 0. The lowest BCUT2D eigenvalue weighted by molar-refractivity contribution is -0.163. The number of aliphatic hydroxyl groups is 1. The maximum atomic E-state index is 11.1. The van der Waals surface area contributed by atoms with Gasteiger partial charge < -0.3 is 15.6 Å². The standard InChI is InChI=1S/C25H45NO2/c1-5-22(26)21-10-9-20-19-8-7-17-15-25(27,16-28-6-2)12-11-18(17)23(19,3)13-14-24(20,21)4/h17-22,27H,5-16,26H2,1-4H3/t17-,18+,19+,20+,21?,22-,23-,24+,25-/m1/s1. The van der Waals surface area contributed by atoms with E-state index in [0.29, 0.717) is 36.0 Å². The molecule has 0 aliphatic heterocycles. The van der Waals surface area contributed by atoms with Crippen LogP contribution in [0.25, 0.3) is 0 Å². The molecule has 0 heterocycles. The zero-order chi connectivity index (χ0) is 20.2. The Balaban J connectivity index is 1.52. The number of ether oxygens (including phenoxy) is 1. The molecule has 28 heavy (non-hydrogen) atoms. The maximum Gasteiger partial charge on any atom is 0.0883 e. The molecule has 0 aromatic rings. The summed E-state index contributed by atoms with van der Waals surface area (Å²) in [6, 6.07) is 0.388.